The highest BCUT2D eigenvalue weighted by Gasteiger charge is 2.00. The minimum atomic E-state index is 0.673. The quantitative estimate of drug-likeness (QED) is 0.242. The van der Waals surface area contributed by atoms with Crippen LogP contribution >= 0.6 is 35.7 Å². The van der Waals surface area contributed by atoms with Crippen molar-refractivity contribution < 1.29 is 0 Å². The van der Waals surface area contributed by atoms with Crippen LogP contribution in [0, 0.1) is 0 Å². The summed E-state index contributed by atoms with van der Waals surface area (Å²) in [5.41, 5.74) is 3.68. The maximum atomic E-state index is 5.39. The van der Waals surface area contributed by atoms with Crippen LogP contribution in [0.15, 0.2) is 89.8 Å². The van der Waals surface area contributed by atoms with Crippen LogP contribution in [-0.2, 0) is 11.5 Å². The molecular formula is C23H24N2S3. The van der Waals surface area contributed by atoms with Gasteiger partial charge >= 0.3 is 0 Å². The summed E-state index contributed by atoms with van der Waals surface area (Å²) in [7, 11) is 0. The SMILES string of the molecule is S=C(NCCSCc1ccccc1)Nc1ccc(CSc2ccccc2)cc1. The maximum absolute atomic E-state index is 5.39. The molecule has 3 aromatic carbocycles. The monoisotopic (exact) mass is 424 g/mol. The Morgan fingerprint density at radius 3 is 2.11 bits per heavy atom. The van der Waals surface area contributed by atoms with Gasteiger partial charge in [0.15, 0.2) is 5.11 Å². The van der Waals surface area contributed by atoms with Crippen LogP contribution in [0.2, 0.25) is 0 Å². The number of hydrogen-bond donors (Lipinski definition) is 2. The normalized spacial score (nSPS) is 10.4. The Hall–Kier alpha value is -1.95. The molecule has 0 aliphatic carbocycles. The van der Waals surface area contributed by atoms with Crippen molar-refractivity contribution in [1.82, 2.24) is 5.32 Å². The van der Waals surface area contributed by atoms with Crippen molar-refractivity contribution in [3.63, 3.8) is 0 Å². The van der Waals surface area contributed by atoms with Crippen LogP contribution in [0.3, 0.4) is 0 Å². The van der Waals surface area contributed by atoms with Crippen LogP contribution in [-0.4, -0.2) is 17.4 Å². The minimum absolute atomic E-state index is 0.673. The lowest BCUT2D eigenvalue weighted by Gasteiger charge is -2.11. The molecule has 2 N–H and O–H groups in total. The van der Waals surface area contributed by atoms with E-state index in [2.05, 4.69) is 89.5 Å². The molecule has 0 heterocycles. The second-order valence-corrected chi connectivity index (χ2v) is 8.78. The smallest absolute Gasteiger partial charge is 0.170 e. The topological polar surface area (TPSA) is 24.1 Å². The molecule has 0 radical (unpaired) electrons. The molecule has 0 amide bonds. The number of rotatable bonds is 9. The van der Waals surface area contributed by atoms with Crippen molar-refractivity contribution in [3.8, 4) is 0 Å². The van der Waals surface area contributed by atoms with Gasteiger partial charge in [0.1, 0.15) is 0 Å². The second-order valence-electron chi connectivity index (χ2n) is 6.22. The Labute approximate surface area is 181 Å². The largest absolute Gasteiger partial charge is 0.362 e. The van der Waals surface area contributed by atoms with E-state index in [0.29, 0.717) is 5.11 Å². The number of anilines is 1. The van der Waals surface area contributed by atoms with E-state index in [1.807, 2.05) is 29.6 Å². The molecule has 0 bridgehead atoms. The third-order valence-corrected chi connectivity index (χ3v) is 6.36. The molecule has 0 saturated heterocycles. The van der Waals surface area contributed by atoms with Gasteiger partial charge in [0.25, 0.3) is 0 Å². The van der Waals surface area contributed by atoms with Crippen LogP contribution in [0.1, 0.15) is 11.1 Å². The van der Waals surface area contributed by atoms with Crippen LogP contribution < -0.4 is 10.6 Å². The molecule has 2 nitrogen and oxygen atoms in total. The Bertz CT molecular complexity index is 837. The molecule has 3 aromatic rings. The summed E-state index contributed by atoms with van der Waals surface area (Å²) in [6.07, 6.45) is 0. The highest BCUT2D eigenvalue weighted by molar-refractivity contribution is 7.98. The van der Waals surface area contributed by atoms with Gasteiger partial charge in [-0.25, -0.2) is 0 Å². The fourth-order valence-corrected chi connectivity index (χ4v) is 4.46. The predicted octanol–water partition coefficient (Wildman–Crippen LogP) is 6.20. The zero-order valence-electron chi connectivity index (χ0n) is 15.6. The summed E-state index contributed by atoms with van der Waals surface area (Å²) in [6.45, 7) is 0.856. The fourth-order valence-electron chi connectivity index (χ4n) is 2.54. The first-order valence-electron chi connectivity index (χ1n) is 9.23. The zero-order chi connectivity index (χ0) is 19.4. The highest BCUT2D eigenvalue weighted by Crippen LogP contribution is 2.23. The third-order valence-electron chi connectivity index (χ3n) is 4.00. The number of nitrogens with one attached hydrogen (secondary N) is 2. The van der Waals surface area contributed by atoms with Gasteiger partial charge in [-0.3, -0.25) is 0 Å². The molecule has 0 aromatic heterocycles. The van der Waals surface area contributed by atoms with E-state index in [1.165, 1.54) is 16.0 Å². The van der Waals surface area contributed by atoms with Crippen molar-refractivity contribution in [2.75, 3.05) is 17.6 Å². The Balaban J connectivity index is 1.32. The third kappa shape index (κ3) is 7.58. The summed E-state index contributed by atoms with van der Waals surface area (Å²) in [6, 6.07) is 29.5. The molecule has 0 unspecified atom stereocenters. The molecule has 0 spiro atoms. The van der Waals surface area contributed by atoms with Crippen molar-refractivity contribution in [3.05, 3.63) is 96.1 Å². The van der Waals surface area contributed by atoms with E-state index in [0.717, 1.165) is 29.5 Å². The molecule has 0 aliphatic heterocycles. The van der Waals surface area contributed by atoms with Gasteiger partial charge in [0.2, 0.25) is 0 Å². The molecule has 0 aliphatic rings. The Morgan fingerprint density at radius 1 is 0.750 bits per heavy atom. The lowest BCUT2D eigenvalue weighted by molar-refractivity contribution is 0.990. The minimum Gasteiger partial charge on any atom is -0.362 e. The van der Waals surface area contributed by atoms with E-state index in [9.17, 15) is 0 Å². The molecule has 0 fully saturated rings. The number of thioether (sulfide) groups is 2. The second kappa shape index (κ2) is 11.8. The van der Waals surface area contributed by atoms with Crippen molar-refractivity contribution in [2.24, 2.45) is 0 Å². The molecule has 28 heavy (non-hydrogen) atoms. The van der Waals surface area contributed by atoms with Gasteiger partial charge in [-0.2, -0.15) is 11.8 Å². The average molecular weight is 425 g/mol. The van der Waals surface area contributed by atoms with Gasteiger partial charge in [-0.1, -0.05) is 60.7 Å². The number of hydrogen-bond acceptors (Lipinski definition) is 3. The van der Waals surface area contributed by atoms with E-state index < -0.39 is 0 Å². The van der Waals surface area contributed by atoms with Crippen LogP contribution in [0.4, 0.5) is 5.69 Å². The molecule has 3 rings (SSSR count). The first-order chi connectivity index (χ1) is 13.8. The average Bonchev–Trinajstić information content (AvgIpc) is 2.74. The predicted molar refractivity (Wildman–Crippen MR) is 129 cm³/mol. The highest BCUT2D eigenvalue weighted by atomic mass is 32.2. The Morgan fingerprint density at radius 2 is 1.39 bits per heavy atom. The van der Waals surface area contributed by atoms with E-state index in [-0.39, 0.29) is 0 Å². The lowest BCUT2D eigenvalue weighted by atomic mass is 10.2. The van der Waals surface area contributed by atoms with Gasteiger partial charge in [-0.15, -0.1) is 11.8 Å². The molecular weight excluding hydrogens is 400 g/mol. The van der Waals surface area contributed by atoms with Crippen molar-refractivity contribution in [2.45, 2.75) is 16.4 Å². The summed E-state index contributed by atoms with van der Waals surface area (Å²) < 4.78 is 0. The van der Waals surface area contributed by atoms with Gasteiger partial charge in [0, 0.05) is 34.4 Å². The zero-order valence-corrected chi connectivity index (χ0v) is 18.1. The maximum Gasteiger partial charge on any atom is 0.170 e. The summed E-state index contributed by atoms with van der Waals surface area (Å²) >= 11 is 9.15. The first kappa shape index (κ1) is 20.8. The van der Waals surface area contributed by atoms with Crippen LogP contribution in [0.25, 0.3) is 0 Å². The van der Waals surface area contributed by atoms with E-state index in [4.69, 9.17) is 12.2 Å². The van der Waals surface area contributed by atoms with Gasteiger partial charge in [-0.05, 0) is 47.6 Å². The number of thiocarbonyl (C=S) groups is 1. The summed E-state index contributed by atoms with van der Waals surface area (Å²) in [5, 5.41) is 7.20. The number of benzene rings is 3. The standard InChI is InChI=1S/C23H24N2S3/c26-23(24-15-16-27-17-19-7-3-1-4-8-19)25-21-13-11-20(12-14-21)18-28-22-9-5-2-6-10-22/h1-14H,15-18H2,(H2,24,25,26). The molecule has 0 atom stereocenters. The fraction of sp³-hybridized carbons (Fsp3) is 0.174. The molecule has 5 heteroatoms. The summed E-state index contributed by atoms with van der Waals surface area (Å²) in [4.78, 5) is 1.29. The van der Waals surface area contributed by atoms with E-state index in [1.54, 1.807) is 0 Å². The van der Waals surface area contributed by atoms with Gasteiger partial charge in [0.05, 0.1) is 0 Å². The lowest BCUT2D eigenvalue weighted by Crippen LogP contribution is -2.30. The first-order valence-corrected chi connectivity index (χ1v) is 11.8. The van der Waals surface area contributed by atoms with Crippen molar-refractivity contribution in [1.29, 1.82) is 0 Å². The van der Waals surface area contributed by atoms with Crippen LogP contribution in [0.5, 0.6) is 0 Å². The summed E-state index contributed by atoms with van der Waals surface area (Å²) in [5.74, 6) is 3.02. The molecule has 144 valence electrons. The molecule has 0 saturated carbocycles. The van der Waals surface area contributed by atoms with Crippen molar-refractivity contribution >= 4 is 46.5 Å². The van der Waals surface area contributed by atoms with E-state index >= 15 is 0 Å². The Kier molecular flexibility index (Phi) is 8.75. The van der Waals surface area contributed by atoms with Gasteiger partial charge < -0.3 is 10.6 Å².